The number of aliphatic hydroxyl groups excluding tert-OH is 6. The van der Waals surface area contributed by atoms with E-state index in [2.05, 4.69) is 0 Å². The van der Waals surface area contributed by atoms with Crippen molar-refractivity contribution in [2.24, 2.45) is 34.6 Å². The smallest absolute Gasteiger partial charge is 0.187 e. The largest absolute Gasteiger partial charge is 0.394 e. The van der Waals surface area contributed by atoms with Gasteiger partial charge in [-0.15, -0.1) is 0 Å². The van der Waals surface area contributed by atoms with E-state index in [1.165, 1.54) is 0 Å². The molecule has 1 saturated carbocycles. The maximum absolute atomic E-state index is 11.2. The molecule has 0 spiro atoms. The topological polar surface area (TPSA) is 307 Å². The van der Waals surface area contributed by atoms with Crippen LogP contribution in [0.3, 0.4) is 0 Å². The Labute approximate surface area is 244 Å². The van der Waals surface area contributed by atoms with Crippen molar-refractivity contribution in [2.45, 2.75) is 137 Å². The Balaban J connectivity index is 1.49. The van der Waals surface area contributed by atoms with Gasteiger partial charge in [-0.3, -0.25) is 0 Å². The number of rotatable bonds is 9. The highest BCUT2D eigenvalue weighted by Gasteiger charge is 2.53. The van der Waals surface area contributed by atoms with Crippen LogP contribution in [0.4, 0.5) is 0 Å². The van der Waals surface area contributed by atoms with E-state index in [-0.39, 0.29) is 19.4 Å². The molecule has 17 heteroatoms. The summed E-state index contributed by atoms with van der Waals surface area (Å²) in [7, 11) is 0. The first kappa shape index (κ1) is 34.2. The van der Waals surface area contributed by atoms with Crippen LogP contribution < -0.4 is 28.7 Å². The van der Waals surface area contributed by atoms with Crippen molar-refractivity contribution in [3.05, 3.63) is 0 Å². The van der Waals surface area contributed by atoms with E-state index in [1.54, 1.807) is 13.8 Å². The van der Waals surface area contributed by atoms with Crippen LogP contribution in [0.25, 0.3) is 0 Å². The van der Waals surface area contributed by atoms with Crippen LogP contribution in [0.15, 0.2) is 0 Å². The molecule has 19 atom stereocenters. The molecule has 4 rings (SSSR count). The minimum absolute atomic E-state index is 0.0938. The summed E-state index contributed by atoms with van der Waals surface area (Å²) in [6, 6.07) is -2.83. The van der Waals surface area contributed by atoms with Crippen molar-refractivity contribution in [3.63, 3.8) is 0 Å². The summed E-state index contributed by atoms with van der Waals surface area (Å²) < 4.78 is 35.5. The first-order chi connectivity index (χ1) is 19.8. The molecular weight excluding hydrogens is 562 g/mol. The van der Waals surface area contributed by atoms with Crippen LogP contribution >= 0.6 is 0 Å². The molecule has 4 aliphatic rings. The fraction of sp³-hybridized carbons (Fsp3) is 1.00. The molecule has 0 radical (unpaired) electrons. The van der Waals surface area contributed by atoms with Crippen LogP contribution in [0.2, 0.25) is 0 Å². The molecule has 3 saturated heterocycles. The zero-order valence-corrected chi connectivity index (χ0v) is 23.8. The molecule has 0 aromatic heterocycles. The van der Waals surface area contributed by atoms with E-state index in [1.807, 2.05) is 0 Å². The average Bonchev–Trinajstić information content (AvgIpc) is 3.23. The van der Waals surface area contributed by atoms with E-state index in [0.717, 1.165) is 0 Å². The van der Waals surface area contributed by atoms with E-state index < -0.39 is 123 Å². The zero-order valence-electron chi connectivity index (χ0n) is 23.8. The quantitative estimate of drug-likeness (QED) is 0.115. The highest BCUT2D eigenvalue weighted by Crippen LogP contribution is 2.35. The number of hydrogen-bond acceptors (Lipinski definition) is 17. The van der Waals surface area contributed by atoms with Crippen molar-refractivity contribution < 1.29 is 59.1 Å². The summed E-state index contributed by atoms with van der Waals surface area (Å²) in [6.07, 6.45) is -15.7. The van der Waals surface area contributed by atoms with Gasteiger partial charge in [-0.1, -0.05) is 6.92 Å². The molecule has 42 heavy (non-hydrogen) atoms. The summed E-state index contributed by atoms with van der Waals surface area (Å²) in [5, 5.41) is 63.2. The molecule has 16 N–H and O–H groups in total. The summed E-state index contributed by atoms with van der Waals surface area (Å²) in [5.41, 5.74) is 30.3. The van der Waals surface area contributed by atoms with Crippen LogP contribution in [0.1, 0.15) is 26.7 Å². The predicted octanol–water partition coefficient (Wildman–Crippen LogP) is -6.17. The Morgan fingerprint density at radius 2 is 1.33 bits per heavy atom. The highest BCUT2D eigenvalue weighted by molar-refractivity contribution is 5.01. The predicted molar refractivity (Wildman–Crippen MR) is 143 cm³/mol. The lowest BCUT2D eigenvalue weighted by Gasteiger charge is -2.46. The Hall–Kier alpha value is -0.680. The maximum atomic E-state index is 11.2. The molecule has 246 valence electrons. The Bertz CT molecular complexity index is 865. The summed E-state index contributed by atoms with van der Waals surface area (Å²) in [4.78, 5) is 0. The standard InChI is InChI=1S/C25H49N5O12/c1-7-15(33)17(35)13(5-26)37-23(7)41-21-14(6-31)38-25(18(21)36)42-22-16(34)9(28)3-10(29)20(22)40-24-11(30)4-12(32)19(39-24)8(2)27/h7-25,31-36H,3-6,26-30H2,1-2H3/t7-,8+,9-,10+,11-,12+,13+,14-,15-,16+,17-,18-,19-,20-,21-,22-,23?,24-,25+/m1/s1. The third-order valence-corrected chi connectivity index (χ3v) is 8.70. The summed E-state index contributed by atoms with van der Waals surface area (Å²) in [6.45, 7) is 2.59. The van der Waals surface area contributed by atoms with Crippen molar-refractivity contribution in [2.75, 3.05) is 13.2 Å². The SMILES string of the molecule is C[C@H](N)[C@H]1O[C@H](O[C@H]2[C@H](O[C@@H]3O[C@H](CO)[C@@H](OC4O[C@@H](CN)[C@@H](O)[C@H](O)[C@H]4C)[C@H]3O)[C@@H](O)[C@H](N)C[C@@H]2N)[C@H](N)C[C@@H]1O. The maximum Gasteiger partial charge on any atom is 0.187 e. The molecular formula is C25H49N5O12. The fourth-order valence-electron chi connectivity index (χ4n) is 6.10. The molecule has 1 unspecified atom stereocenters. The summed E-state index contributed by atoms with van der Waals surface area (Å²) in [5.74, 6) is -0.721. The van der Waals surface area contributed by atoms with E-state index in [0.29, 0.717) is 0 Å². The van der Waals surface area contributed by atoms with Gasteiger partial charge in [0.05, 0.1) is 31.0 Å². The van der Waals surface area contributed by atoms with Gasteiger partial charge < -0.3 is 87.7 Å². The number of ether oxygens (including phenoxy) is 6. The third-order valence-electron chi connectivity index (χ3n) is 8.70. The van der Waals surface area contributed by atoms with Gasteiger partial charge in [0.2, 0.25) is 0 Å². The van der Waals surface area contributed by atoms with Gasteiger partial charge in [0.25, 0.3) is 0 Å². The molecule has 4 fully saturated rings. The van der Waals surface area contributed by atoms with Crippen LogP contribution in [0.5, 0.6) is 0 Å². The van der Waals surface area contributed by atoms with E-state index in [9.17, 15) is 30.6 Å². The van der Waals surface area contributed by atoms with Gasteiger partial charge >= 0.3 is 0 Å². The van der Waals surface area contributed by atoms with E-state index >= 15 is 0 Å². The number of aliphatic hydroxyl groups is 6. The van der Waals surface area contributed by atoms with Gasteiger partial charge in [0.15, 0.2) is 18.9 Å². The van der Waals surface area contributed by atoms with Gasteiger partial charge in [-0.2, -0.15) is 0 Å². The Morgan fingerprint density at radius 1 is 0.714 bits per heavy atom. The van der Waals surface area contributed by atoms with E-state index in [4.69, 9.17) is 57.1 Å². The second-order valence-electron chi connectivity index (χ2n) is 12.0. The molecule has 1 aliphatic carbocycles. The molecule has 3 aliphatic heterocycles. The van der Waals surface area contributed by atoms with Crippen LogP contribution in [-0.2, 0) is 28.4 Å². The first-order valence-electron chi connectivity index (χ1n) is 14.4. The van der Waals surface area contributed by atoms with Gasteiger partial charge in [-0.25, -0.2) is 0 Å². The molecule has 0 aromatic rings. The van der Waals surface area contributed by atoms with Crippen molar-refractivity contribution in [1.29, 1.82) is 0 Å². The lowest BCUT2D eigenvalue weighted by molar-refractivity contribution is -0.300. The normalized spacial score (nSPS) is 52.8. The second-order valence-corrected chi connectivity index (χ2v) is 12.0. The highest BCUT2D eigenvalue weighted by atomic mass is 16.8. The first-order valence-corrected chi connectivity index (χ1v) is 14.4. The van der Waals surface area contributed by atoms with Gasteiger partial charge in [0.1, 0.15) is 48.8 Å². The average molecular weight is 612 g/mol. The molecule has 0 aromatic carbocycles. The minimum atomic E-state index is -1.51. The van der Waals surface area contributed by atoms with Crippen LogP contribution in [-0.4, -0.2) is 154 Å². The molecule has 17 nitrogen and oxygen atoms in total. The zero-order chi connectivity index (χ0) is 31.0. The number of nitrogens with two attached hydrogens (primary N) is 5. The van der Waals surface area contributed by atoms with Crippen molar-refractivity contribution in [1.82, 2.24) is 0 Å². The second kappa shape index (κ2) is 14.2. The Kier molecular flexibility index (Phi) is 11.5. The van der Waals surface area contributed by atoms with Gasteiger partial charge in [0, 0.05) is 30.6 Å². The van der Waals surface area contributed by atoms with Crippen molar-refractivity contribution in [3.8, 4) is 0 Å². The van der Waals surface area contributed by atoms with Crippen molar-refractivity contribution >= 4 is 0 Å². The monoisotopic (exact) mass is 611 g/mol. The third kappa shape index (κ3) is 6.92. The lowest BCUT2D eigenvalue weighted by atomic mass is 9.84. The molecule has 0 bridgehead atoms. The van der Waals surface area contributed by atoms with Crippen LogP contribution in [0, 0.1) is 5.92 Å². The molecule has 0 amide bonds. The lowest BCUT2D eigenvalue weighted by Crippen LogP contribution is -2.66. The number of hydrogen-bond donors (Lipinski definition) is 11. The minimum Gasteiger partial charge on any atom is -0.394 e. The molecule has 3 heterocycles. The fourth-order valence-corrected chi connectivity index (χ4v) is 6.10. The summed E-state index contributed by atoms with van der Waals surface area (Å²) >= 11 is 0. The Morgan fingerprint density at radius 3 is 1.95 bits per heavy atom. The van der Waals surface area contributed by atoms with Gasteiger partial charge in [-0.05, 0) is 19.8 Å².